The molecule has 2 amide bonds. The first-order valence-corrected chi connectivity index (χ1v) is 10.9. The minimum Gasteiger partial charge on any atom is -0.406 e. The van der Waals surface area contributed by atoms with E-state index in [1.54, 1.807) is 11.8 Å². The zero-order chi connectivity index (χ0) is 25.0. The molecule has 1 aliphatic heterocycles. The lowest BCUT2D eigenvalue weighted by Crippen LogP contribution is -2.50. The molecule has 1 saturated heterocycles. The molecule has 0 saturated carbocycles. The van der Waals surface area contributed by atoms with Crippen molar-refractivity contribution in [3.8, 4) is 17.0 Å². The van der Waals surface area contributed by atoms with Crippen LogP contribution in [0.2, 0.25) is 0 Å². The van der Waals surface area contributed by atoms with E-state index in [0.717, 1.165) is 17.7 Å². The van der Waals surface area contributed by atoms with Gasteiger partial charge in [0.05, 0.1) is 6.54 Å². The molecule has 1 aromatic heterocycles. The van der Waals surface area contributed by atoms with Crippen molar-refractivity contribution in [2.45, 2.75) is 13.3 Å². The molecule has 184 valence electrons. The van der Waals surface area contributed by atoms with E-state index >= 15 is 0 Å². The van der Waals surface area contributed by atoms with Gasteiger partial charge in [0.25, 0.3) is 5.91 Å². The maximum Gasteiger partial charge on any atom is 0.573 e. The number of alkyl halides is 3. The molecule has 1 aliphatic rings. The minimum atomic E-state index is -4.77. The Labute approximate surface area is 199 Å². The van der Waals surface area contributed by atoms with Gasteiger partial charge >= 0.3 is 6.36 Å². The number of hydrogen-bond donors (Lipinski definition) is 1. The monoisotopic (exact) mass is 488 g/mol. The molecule has 8 nitrogen and oxygen atoms in total. The van der Waals surface area contributed by atoms with Crippen LogP contribution in [0.5, 0.6) is 5.75 Å². The van der Waals surface area contributed by atoms with E-state index in [1.165, 1.54) is 12.1 Å². The number of halogens is 3. The van der Waals surface area contributed by atoms with Crippen molar-refractivity contribution in [3.63, 3.8) is 0 Å². The fourth-order valence-corrected chi connectivity index (χ4v) is 3.83. The molecule has 0 radical (unpaired) electrons. The van der Waals surface area contributed by atoms with Crippen molar-refractivity contribution in [2.75, 3.05) is 38.0 Å². The van der Waals surface area contributed by atoms with Crippen molar-refractivity contribution in [3.05, 3.63) is 65.9 Å². The molecule has 0 unspecified atom stereocenters. The summed E-state index contributed by atoms with van der Waals surface area (Å²) >= 11 is 0. The Morgan fingerprint density at radius 1 is 1.03 bits per heavy atom. The van der Waals surface area contributed by atoms with Gasteiger partial charge < -0.3 is 19.5 Å². The van der Waals surface area contributed by atoms with Crippen LogP contribution in [0.3, 0.4) is 0 Å². The summed E-state index contributed by atoms with van der Waals surface area (Å²) in [6, 6.07) is 14.3. The summed E-state index contributed by atoms with van der Waals surface area (Å²) < 4.78 is 45.9. The molecule has 0 spiro atoms. The number of carbonyl (C=O) groups excluding carboxylic acids is 2. The molecule has 2 heterocycles. The highest BCUT2D eigenvalue weighted by atomic mass is 19.4. The van der Waals surface area contributed by atoms with Crippen LogP contribution in [0.25, 0.3) is 11.3 Å². The quantitative estimate of drug-likeness (QED) is 0.566. The third-order valence-electron chi connectivity index (χ3n) is 5.52. The second kappa shape index (κ2) is 10.2. The Hall–Kier alpha value is -3.86. The van der Waals surface area contributed by atoms with Gasteiger partial charge in [0.15, 0.2) is 0 Å². The Balaban J connectivity index is 1.30. The lowest BCUT2D eigenvalue weighted by molar-refractivity contribution is -0.274. The van der Waals surface area contributed by atoms with E-state index in [1.807, 2.05) is 35.2 Å². The highest BCUT2D eigenvalue weighted by Gasteiger charge is 2.31. The summed E-state index contributed by atoms with van der Waals surface area (Å²) in [4.78, 5) is 29.2. The number of ether oxygens (including phenoxy) is 1. The highest BCUT2D eigenvalue weighted by Crippen LogP contribution is 2.27. The van der Waals surface area contributed by atoms with E-state index in [9.17, 15) is 22.8 Å². The molecule has 1 N–H and O–H groups in total. The van der Waals surface area contributed by atoms with E-state index in [0.29, 0.717) is 48.9 Å². The van der Waals surface area contributed by atoms with Crippen LogP contribution < -0.4 is 10.1 Å². The predicted octanol–water partition coefficient (Wildman–Crippen LogP) is 3.95. The zero-order valence-corrected chi connectivity index (χ0v) is 18.8. The van der Waals surface area contributed by atoms with Crippen molar-refractivity contribution >= 4 is 17.5 Å². The average molecular weight is 488 g/mol. The second-order valence-corrected chi connectivity index (χ2v) is 8.02. The molecule has 4 rings (SSSR count). The van der Waals surface area contributed by atoms with Gasteiger partial charge in [-0.15, -0.1) is 13.2 Å². The largest absolute Gasteiger partial charge is 0.573 e. The first kappa shape index (κ1) is 24.3. The smallest absolute Gasteiger partial charge is 0.406 e. The lowest BCUT2D eigenvalue weighted by atomic mass is 10.0. The van der Waals surface area contributed by atoms with E-state index in [-0.39, 0.29) is 24.1 Å². The van der Waals surface area contributed by atoms with Crippen LogP contribution in [0.15, 0.2) is 59.1 Å². The van der Waals surface area contributed by atoms with Gasteiger partial charge in [-0.25, -0.2) is 0 Å². The molecular formula is C24H23F3N4O4. The van der Waals surface area contributed by atoms with Gasteiger partial charge in [0, 0.05) is 37.4 Å². The zero-order valence-electron chi connectivity index (χ0n) is 18.8. The molecule has 2 aromatic carbocycles. The molecular weight excluding hydrogens is 465 g/mol. The van der Waals surface area contributed by atoms with Gasteiger partial charge in [-0.05, 0) is 31.2 Å². The highest BCUT2D eigenvalue weighted by molar-refractivity contribution is 6.01. The number of anilines is 1. The number of piperazine rings is 1. The third kappa shape index (κ3) is 6.18. The summed E-state index contributed by atoms with van der Waals surface area (Å²) in [5, 5.41) is 6.72. The van der Waals surface area contributed by atoms with Gasteiger partial charge in [-0.3, -0.25) is 14.5 Å². The molecule has 1 fully saturated rings. The normalized spacial score (nSPS) is 14.6. The average Bonchev–Trinajstić information content (AvgIpc) is 3.21. The van der Waals surface area contributed by atoms with Gasteiger partial charge in [0.2, 0.25) is 5.91 Å². The van der Waals surface area contributed by atoms with Crippen molar-refractivity contribution in [1.82, 2.24) is 15.0 Å². The molecule has 35 heavy (non-hydrogen) atoms. The van der Waals surface area contributed by atoms with Gasteiger partial charge in [-0.2, -0.15) is 0 Å². The second-order valence-electron chi connectivity index (χ2n) is 8.02. The molecule has 3 aromatic rings. The number of carbonyl (C=O) groups is 2. The molecule has 0 aliphatic carbocycles. The topological polar surface area (TPSA) is 87.9 Å². The van der Waals surface area contributed by atoms with E-state index in [2.05, 4.69) is 15.2 Å². The number of aromatic nitrogens is 1. The summed E-state index contributed by atoms with van der Waals surface area (Å²) in [6.07, 6.45) is -4.77. The fourth-order valence-electron chi connectivity index (χ4n) is 3.83. The Morgan fingerprint density at radius 3 is 2.31 bits per heavy atom. The van der Waals surface area contributed by atoms with Crippen LogP contribution in [0, 0.1) is 6.92 Å². The Morgan fingerprint density at radius 2 is 1.69 bits per heavy atom. The van der Waals surface area contributed by atoms with E-state index in [4.69, 9.17) is 4.52 Å². The Kier molecular flexibility index (Phi) is 7.06. The summed E-state index contributed by atoms with van der Waals surface area (Å²) in [5.41, 5.74) is 2.08. The molecule has 0 atom stereocenters. The minimum absolute atomic E-state index is 0.0877. The van der Waals surface area contributed by atoms with Crippen LogP contribution in [0.1, 0.15) is 16.1 Å². The Bertz CT molecular complexity index is 1170. The van der Waals surface area contributed by atoms with Crippen molar-refractivity contribution < 1.29 is 32.0 Å². The number of amides is 2. The number of hydrogen-bond acceptors (Lipinski definition) is 6. The first-order chi connectivity index (χ1) is 16.7. The molecule has 0 bridgehead atoms. The summed E-state index contributed by atoms with van der Waals surface area (Å²) in [6.45, 7) is 3.62. The van der Waals surface area contributed by atoms with Gasteiger partial charge in [-0.1, -0.05) is 35.5 Å². The van der Waals surface area contributed by atoms with E-state index < -0.39 is 6.36 Å². The van der Waals surface area contributed by atoms with Crippen LogP contribution in [-0.4, -0.2) is 65.9 Å². The summed E-state index contributed by atoms with van der Waals surface area (Å²) in [5.74, 6) is -0.402. The number of nitrogens with zero attached hydrogens (tertiary/aromatic N) is 3. The third-order valence-corrected chi connectivity index (χ3v) is 5.52. The van der Waals surface area contributed by atoms with Crippen LogP contribution >= 0.6 is 0 Å². The van der Waals surface area contributed by atoms with Gasteiger partial charge in [0.1, 0.15) is 22.8 Å². The first-order valence-electron chi connectivity index (χ1n) is 10.9. The maximum atomic E-state index is 13.2. The number of benzene rings is 2. The lowest BCUT2D eigenvalue weighted by Gasteiger charge is -2.34. The number of aryl methyl sites for hydroxylation is 1. The van der Waals surface area contributed by atoms with Crippen LogP contribution in [-0.2, 0) is 4.79 Å². The number of rotatable bonds is 6. The maximum absolute atomic E-state index is 13.2. The predicted molar refractivity (Wildman–Crippen MR) is 121 cm³/mol. The summed E-state index contributed by atoms with van der Waals surface area (Å²) in [7, 11) is 0. The SMILES string of the molecule is Cc1onc(-c2ccccc2)c1C(=O)N1CCN(CC(=O)Nc2ccc(OC(F)(F)F)cc2)CC1. The van der Waals surface area contributed by atoms with Crippen LogP contribution in [0.4, 0.5) is 18.9 Å². The van der Waals surface area contributed by atoms with Crippen molar-refractivity contribution in [2.24, 2.45) is 0 Å². The molecule has 11 heteroatoms. The number of nitrogens with one attached hydrogen (secondary N) is 1. The fraction of sp³-hybridized carbons (Fsp3) is 0.292. The standard InChI is InChI=1S/C24H23F3N4O4/c1-16-21(22(29-35-16)17-5-3-2-4-6-17)23(33)31-13-11-30(12-14-31)15-20(32)28-18-7-9-19(10-8-18)34-24(25,26)27/h2-10H,11-15H2,1H3,(H,28,32). The van der Waals surface area contributed by atoms with Crippen molar-refractivity contribution in [1.29, 1.82) is 0 Å².